The van der Waals surface area contributed by atoms with Crippen LogP contribution in [-0.4, -0.2) is 21.8 Å². The first-order valence-corrected chi connectivity index (χ1v) is 12.3. The third-order valence-electron chi connectivity index (χ3n) is 5.93. The first-order chi connectivity index (χ1) is 17.6. The smallest absolute Gasteiger partial charge is 0.250 e. The van der Waals surface area contributed by atoms with E-state index >= 15 is 0 Å². The second kappa shape index (κ2) is 12.1. The molecule has 6 heteroatoms. The number of nitrogens with zero attached hydrogens (tertiary/aromatic N) is 2. The van der Waals surface area contributed by atoms with Gasteiger partial charge in [-0.05, 0) is 47.2 Å². The van der Waals surface area contributed by atoms with E-state index in [4.69, 9.17) is 11.5 Å². The van der Waals surface area contributed by atoms with Crippen LogP contribution >= 0.6 is 0 Å². The minimum absolute atomic E-state index is 0.141. The van der Waals surface area contributed by atoms with Gasteiger partial charge in [0.15, 0.2) is 0 Å². The first-order valence-electron chi connectivity index (χ1n) is 12.3. The van der Waals surface area contributed by atoms with E-state index in [9.17, 15) is 9.59 Å². The summed E-state index contributed by atoms with van der Waals surface area (Å²) in [5, 5.41) is 0. The molecule has 0 radical (unpaired) electrons. The Kier molecular flexibility index (Phi) is 8.90. The van der Waals surface area contributed by atoms with E-state index in [0.29, 0.717) is 11.1 Å². The summed E-state index contributed by atoms with van der Waals surface area (Å²) in [6.45, 7) is 8.71. The van der Waals surface area contributed by atoms with Crippen LogP contribution in [0.15, 0.2) is 85.2 Å². The summed E-state index contributed by atoms with van der Waals surface area (Å²) in [6, 6.07) is 23.4. The van der Waals surface area contributed by atoms with Gasteiger partial charge in [-0.2, -0.15) is 0 Å². The van der Waals surface area contributed by atoms with Crippen molar-refractivity contribution in [1.29, 1.82) is 0 Å². The molecule has 2 heterocycles. The van der Waals surface area contributed by atoms with Crippen molar-refractivity contribution >= 4 is 11.8 Å². The maximum absolute atomic E-state index is 11.1. The van der Waals surface area contributed by atoms with Crippen LogP contribution in [0.4, 0.5) is 0 Å². The zero-order chi connectivity index (χ0) is 27.0. The van der Waals surface area contributed by atoms with Gasteiger partial charge in [0.25, 0.3) is 0 Å². The zero-order valence-corrected chi connectivity index (χ0v) is 21.9. The lowest BCUT2D eigenvalue weighted by atomic mass is 9.86. The quantitative estimate of drug-likeness (QED) is 0.345. The summed E-state index contributed by atoms with van der Waals surface area (Å²) < 4.78 is 0. The molecule has 0 atom stereocenters. The van der Waals surface area contributed by atoms with Crippen molar-refractivity contribution < 1.29 is 9.59 Å². The molecule has 4 N–H and O–H groups in total. The number of aromatic nitrogens is 2. The molecule has 0 aliphatic heterocycles. The maximum atomic E-state index is 11.1. The predicted octanol–water partition coefficient (Wildman–Crippen LogP) is 5.95. The van der Waals surface area contributed by atoms with Gasteiger partial charge in [-0.1, -0.05) is 82.6 Å². The fraction of sp³-hybridized carbons (Fsp3) is 0.226. The third-order valence-corrected chi connectivity index (χ3v) is 5.93. The normalized spacial score (nSPS) is 10.8. The van der Waals surface area contributed by atoms with Crippen molar-refractivity contribution in [1.82, 2.24) is 9.97 Å². The molecule has 0 spiro atoms. The van der Waals surface area contributed by atoms with Crippen LogP contribution in [0.25, 0.3) is 22.5 Å². The molecule has 0 unspecified atom stereocenters. The van der Waals surface area contributed by atoms with E-state index in [2.05, 4.69) is 61.9 Å². The van der Waals surface area contributed by atoms with Gasteiger partial charge in [0.1, 0.15) is 0 Å². The molecule has 2 aromatic carbocycles. The number of primary amides is 2. The highest BCUT2D eigenvalue weighted by molar-refractivity contribution is 5.93. The van der Waals surface area contributed by atoms with E-state index in [1.807, 2.05) is 30.3 Å². The molecule has 37 heavy (non-hydrogen) atoms. The Hall–Kier alpha value is -4.32. The molecular formula is C31H34N4O2. The van der Waals surface area contributed by atoms with Crippen LogP contribution in [0.3, 0.4) is 0 Å². The predicted molar refractivity (Wildman–Crippen MR) is 149 cm³/mol. The average molecular weight is 495 g/mol. The Labute approximate surface area is 218 Å². The second-order valence-electron chi connectivity index (χ2n) is 9.86. The molecule has 190 valence electrons. The second-order valence-corrected chi connectivity index (χ2v) is 9.86. The number of benzene rings is 2. The first kappa shape index (κ1) is 27.3. The van der Waals surface area contributed by atoms with Crippen LogP contribution in [0.1, 0.15) is 66.0 Å². The molecule has 0 fully saturated rings. The number of carbonyl (C=O) groups is 2. The Balaban J connectivity index is 0.000000206. The highest BCUT2D eigenvalue weighted by Crippen LogP contribution is 2.25. The minimum Gasteiger partial charge on any atom is -0.366 e. The van der Waals surface area contributed by atoms with Crippen molar-refractivity contribution in [2.24, 2.45) is 11.5 Å². The number of aryl methyl sites for hydroxylation is 1. The van der Waals surface area contributed by atoms with E-state index < -0.39 is 11.8 Å². The zero-order valence-electron chi connectivity index (χ0n) is 21.9. The van der Waals surface area contributed by atoms with Crippen LogP contribution in [0.5, 0.6) is 0 Å². The highest BCUT2D eigenvalue weighted by Gasteiger charge is 2.13. The summed E-state index contributed by atoms with van der Waals surface area (Å²) in [4.78, 5) is 30.6. The summed E-state index contributed by atoms with van der Waals surface area (Å²) >= 11 is 0. The monoisotopic (exact) mass is 494 g/mol. The molecule has 2 amide bonds. The standard InChI is InChI=1S/C16H18N2O.C15H16N2O/c1-16(2,3)13-7-4-11(5-8-13)14-9-6-12(10-18-14)15(17)19;1-2-3-11-4-6-12(7-5-11)14-10-13(15(16)18)8-9-17-14/h4-10H,1-3H3,(H2,17,19);4-10H,2-3H2,1H3,(H2,16,18). The molecule has 2 aromatic heterocycles. The van der Waals surface area contributed by atoms with E-state index in [1.165, 1.54) is 17.3 Å². The number of amides is 2. The van der Waals surface area contributed by atoms with Gasteiger partial charge in [-0.3, -0.25) is 19.6 Å². The van der Waals surface area contributed by atoms with Crippen molar-refractivity contribution in [2.45, 2.75) is 46.0 Å². The molecule has 0 saturated heterocycles. The van der Waals surface area contributed by atoms with Gasteiger partial charge in [0.2, 0.25) is 11.8 Å². The molecule has 4 rings (SSSR count). The minimum atomic E-state index is -0.456. The van der Waals surface area contributed by atoms with Gasteiger partial charge in [-0.25, -0.2) is 0 Å². The lowest BCUT2D eigenvalue weighted by Crippen LogP contribution is -2.11. The fourth-order valence-corrected chi connectivity index (χ4v) is 3.72. The van der Waals surface area contributed by atoms with Crippen LogP contribution in [0.2, 0.25) is 0 Å². The van der Waals surface area contributed by atoms with Crippen molar-refractivity contribution in [3.63, 3.8) is 0 Å². The van der Waals surface area contributed by atoms with Gasteiger partial charge in [-0.15, -0.1) is 0 Å². The summed E-state index contributed by atoms with van der Waals surface area (Å²) in [7, 11) is 0. The van der Waals surface area contributed by atoms with E-state index in [0.717, 1.165) is 35.4 Å². The van der Waals surface area contributed by atoms with Crippen LogP contribution < -0.4 is 11.5 Å². The van der Waals surface area contributed by atoms with Gasteiger partial charge < -0.3 is 11.5 Å². The molecule has 0 aliphatic rings. The number of nitrogens with two attached hydrogens (primary N) is 2. The SMILES string of the molecule is CC(C)(C)c1ccc(-c2ccc(C(N)=O)cn2)cc1.CCCc1ccc(-c2cc(C(N)=O)ccn2)cc1. The van der Waals surface area contributed by atoms with Gasteiger partial charge in [0.05, 0.1) is 17.0 Å². The van der Waals surface area contributed by atoms with Crippen LogP contribution in [0, 0.1) is 0 Å². The Bertz CT molecular complexity index is 1340. The Morgan fingerprint density at radius 1 is 0.730 bits per heavy atom. The topological polar surface area (TPSA) is 112 Å². The Morgan fingerprint density at radius 2 is 1.32 bits per heavy atom. The van der Waals surface area contributed by atoms with Crippen molar-refractivity contribution in [3.8, 4) is 22.5 Å². The lowest BCUT2D eigenvalue weighted by molar-refractivity contribution is 0.0991. The Morgan fingerprint density at radius 3 is 1.84 bits per heavy atom. The molecule has 6 nitrogen and oxygen atoms in total. The number of hydrogen-bond acceptors (Lipinski definition) is 4. The number of pyridine rings is 2. The van der Waals surface area contributed by atoms with Gasteiger partial charge in [0, 0.05) is 29.1 Å². The van der Waals surface area contributed by atoms with Crippen molar-refractivity contribution in [3.05, 3.63) is 107 Å². The average Bonchev–Trinajstić information content (AvgIpc) is 2.89. The fourth-order valence-electron chi connectivity index (χ4n) is 3.72. The summed E-state index contributed by atoms with van der Waals surface area (Å²) in [5.41, 5.74) is 17.7. The van der Waals surface area contributed by atoms with E-state index in [-0.39, 0.29) is 5.41 Å². The largest absolute Gasteiger partial charge is 0.366 e. The molecular weight excluding hydrogens is 460 g/mol. The number of hydrogen-bond donors (Lipinski definition) is 2. The number of rotatable bonds is 6. The third kappa shape index (κ3) is 7.58. The van der Waals surface area contributed by atoms with Gasteiger partial charge >= 0.3 is 0 Å². The highest BCUT2D eigenvalue weighted by atomic mass is 16.1. The molecule has 4 aromatic rings. The summed E-state index contributed by atoms with van der Waals surface area (Å²) in [6.07, 6.45) is 5.33. The molecule has 0 aliphatic carbocycles. The molecule has 0 saturated carbocycles. The lowest BCUT2D eigenvalue weighted by Gasteiger charge is -2.19. The maximum Gasteiger partial charge on any atom is 0.250 e. The van der Waals surface area contributed by atoms with Crippen molar-refractivity contribution in [2.75, 3.05) is 0 Å². The molecule has 0 bridgehead atoms. The van der Waals surface area contributed by atoms with Crippen LogP contribution in [-0.2, 0) is 11.8 Å². The van der Waals surface area contributed by atoms with E-state index in [1.54, 1.807) is 24.4 Å². The number of carbonyl (C=O) groups excluding carboxylic acids is 2. The summed E-state index contributed by atoms with van der Waals surface area (Å²) in [5.74, 6) is -0.886.